The summed E-state index contributed by atoms with van der Waals surface area (Å²) < 4.78 is 7.53. The summed E-state index contributed by atoms with van der Waals surface area (Å²) in [6.45, 7) is 10.2. The van der Waals surface area contributed by atoms with Crippen LogP contribution in [0.2, 0.25) is 0 Å². The number of aryl methyl sites for hydroxylation is 2. The van der Waals surface area contributed by atoms with Gasteiger partial charge < -0.3 is 20.3 Å². The van der Waals surface area contributed by atoms with Crippen LogP contribution < -0.4 is 25.8 Å². The molecule has 1 saturated heterocycles. The highest BCUT2D eigenvalue weighted by atomic mass is 16.5. The number of carbonyl (C=O) groups is 1. The van der Waals surface area contributed by atoms with Gasteiger partial charge in [-0.15, -0.1) is 0 Å². The van der Waals surface area contributed by atoms with Crippen molar-refractivity contribution in [1.82, 2.24) is 24.8 Å². The van der Waals surface area contributed by atoms with Gasteiger partial charge in [0.05, 0.1) is 18.5 Å². The first-order chi connectivity index (χ1) is 29.3. The Balaban J connectivity index is 0.701. The van der Waals surface area contributed by atoms with Crippen LogP contribution in [0.25, 0.3) is 16.7 Å². The average Bonchev–Trinajstić information content (AvgIpc) is 3.64. The Kier molecular flexibility index (Phi) is 13.7. The van der Waals surface area contributed by atoms with Crippen molar-refractivity contribution in [3.05, 3.63) is 76.2 Å². The molecule has 5 aliphatic rings. The number of rotatable bonds is 21. The third kappa shape index (κ3) is 9.85. The Morgan fingerprint density at radius 1 is 0.850 bits per heavy atom. The number of anilines is 3. The van der Waals surface area contributed by atoms with Crippen molar-refractivity contribution in [3.8, 4) is 11.4 Å². The number of hydrogen-bond acceptors (Lipinski definition) is 8. The molecule has 3 heterocycles. The lowest BCUT2D eigenvalue weighted by Gasteiger charge is -2.36. The molecule has 0 spiro atoms. The lowest BCUT2D eigenvalue weighted by atomic mass is 9.73. The van der Waals surface area contributed by atoms with Crippen molar-refractivity contribution in [2.45, 2.75) is 123 Å². The maximum Gasteiger partial charge on any atom is 0.257 e. The van der Waals surface area contributed by atoms with Crippen molar-refractivity contribution >= 4 is 34.3 Å². The van der Waals surface area contributed by atoms with E-state index in [9.17, 15) is 9.59 Å². The molecule has 2 aromatic heterocycles. The normalized spacial score (nSPS) is 22.2. The molecule has 4 aliphatic carbocycles. The van der Waals surface area contributed by atoms with Crippen molar-refractivity contribution in [2.75, 3.05) is 56.6 Å². The lowest BCUT2D eigenvalue weighted by molar-refractivity contribution is -0.124. The Morgan fingerprint density at radius 3 is 2.28 bits per heavy atom. The van der Waals surface area contributed by atoms with Gasteiger partial charge in [0.1, 0.15) is 5.75 Å². The van der Waals surface area contributed by atoms with Crippen LogP contribution in [0.3, 0.4) is 0 Å². The fraction of sp³-hybridized carbons (Fsp3) is 0.600. The summed E-state index contributed by atoms with van der Waals surface area (Å²) >= 11 is 0. The third-order valence-electron chi connectivity index (χ3n) is 14.6. The second-order valence-corrected chi connectivity index (χ2v) is 18.8. The van der Waals surface area contributed by atoms with Gasteiger partial charge >= 0.3 is 0 Å². The fourth-order valence-electron chi connectivity index (χ4n) is 11.5. The number of methoxy groups -OCH3 is 1. The van der Waals surface area contributed by atoms with Crippen LogP contribution in [0.4, 0.5) is 17.3 Å². The predicted molar refractivity (Wildman–Crippen MR) is 244 cm³/mol. The number of fused-ring (bicyclic) bond motifs is 1. The van der Waals surface area contributed by atoms with E-state index in [1.807, 2.05) is 31.2 Å². The number of amides is 1. The molecule has 2 aromatic carbocycles. The molecule has 60 heavy (non-hydrogen) atoms. The molecule has 2 N–H and O–H groups in total. The van der Waals surface area contributed by atoms with Crippen LogP contribution in [0.5, 0.6) is 5.75 Å². The van der Waals surface area contributed by atoms with Gasteiger partial charge in [-0.25, -0.2) is 4.98 Å². The van der Waals surface area contributed by atoms with Crippen molar-refractivity contribution in [1.29, 1.82) is 0 Å². The summed E-state index contributed by atoms with van der Waals surface area (Å²) in [6.07, 6.45) is 23.4. The Hall–Kier alpha value is -4.44. The zero-order chi connectivity index (χ0) is 41.5. The van der Waals surface area contributed by atoms with E-state index in [0.29, 0.717) is 22.9 Å². The third-order valence-corrected chi connectivity index (χ3v) is 14.6. The number of hydrogen-bond donors (Lipinski definition) is 2. The molecule has 0 radical (unpaired) electrons. The minimum atomic E-state index is -0.117. The van der Waals surface area contributed by atoms with Crippen LogP contribution in [-0.2, 0) is 11.2 Å². The summed E-state index contributed by atoms with van der Waals surface area (Å²) in [4.78, 5) is 40.6. The number of ether oxygens (including phenoxy) is 1. The van der Waals surface area contributed by atoms with E-state index in [1.165, 1.54) is 96.4 Å². The minimum absolute atomic E-state index is 0.117. The van der Waals surface area contributed by atoms with E-state index in [2.05, 4.69) is 50.5 Å². The molecule has 2 atom stereocenters. The van der Waals surface area contributed by atoms with Crippen LogP contribution in [0.15, 0.2) is 59.5 Å². The van der Waals surface area contributed by atoms with E-state index in [-0.39, 0.29) is 5.56 Å². The minimum Gasteiger partial charge on any atom is -0.494 e. The second kappa shape index (κ2) is 19.5. The smallest absolute Gasteiger partial charge is 0.257 e. The predicted octanol–water partition coefficient (Wildman–Crippen LogP) is 9.76. The van der Waals surface area contributed by atoms with E-state index >= 15 is 0 Å². The summed E-state index contributed by atoms with van der Waals surface area (Å²) in [5.74, 6) is 4.18. The van der Waals surface area contributed by atoms with Gasteiger partial charge in [-0.3, -0.25) is 19.1 Å². The first-order valence-corrected chi connectivity index (χ1v) is 23.5. The second-order valence-electron chi connectivity index (χ2n) is 18.8. The van der Waals surface area contributed by atoms with Crippen LogP contribution >= 0.6 is 0 Å². The van der Waals surface area contributed by atoms with Crippen molar-refractivity contribution < 1.29 is 9.53 Å². The van der Waals surface area contributed by atoms with E-state index in [4.69, 9.17) is 9.72 Å². The Labute approximate surface area is 357 Å². The Bertz CT molecular complexity index is 2130. The number of pyridine rings is 1. The molecule has 4 bridgehead atoms. The van der Waals surface area contributed by atoms with Gasteiger partial charge in [0.2, 0.25) is 11.9 Å². The number of nitrogens with one attached hydrogen (secondary N) is 2. The van der Waals surface area contributed by atoms with Crippen LogP contribution in [0, 0.1) is 30.1 Å². The highest BCUT2D eigenvalue weighted by Gasteiger charge is 2.57. The van der Waals surface area contributed by atoms with Crippen molar-refractivity contribution in [3.63, 3.8) is 0 Å². The Morgan fingerprint density at radius 2 is 1.57 bits per heavy atom. The summed E-state index contributed by atoms with van der Waals surface area (Å²) in [5.41, 5.74) is 5.57. The van der Waals surface area contributed by atoms with Gasteiger partial charge in [-0.1, -0.05) is 70.4 Å². The van der Waals surface area contributed by atoms with Crippen LogP contribution in [0.1, 0.15) is 121 Å². The number of aromatic nitrogens is 3. The van der Waals surface area contributed by atoms with Gasteiger partial charge in [-0.05, 0) is 123 Å². The monoisotopic (exact) mass is 816 g/mol. The maximum atomic E-state index is 13.3. The molecule has 4 saturated carbocycles. The zero-order valence-electron chi connectivity index (χ0n) is 36.7. The lowest BCUT2D eigenvalue weighted by Crippen LogP contribution is -2.46. The molecular weight excluding hydrogens is 747 g/mol. The molecule has 9 rings (SSSR count). The van der Waals surface area contributed by atoms with Crippen LogP contribution in [-0.4, -0.2) is 71.7 Å². The SMILES string of the molecule is CCc1cccc(-n2c(=O)cc(C)c3cnc(Nc4ccc(N5CCN(CCCCCCCCCCCCNC(=O)CC67CC8CC(CC6C8)C7)CC5)cc4OC)nc32)c1. The summed E-state index contributed by atoms with van der Waals surface area (Å²) in [5, 5.41) is 7.48. The van der Waals surface area contributed by atoms with Gasteiger partial charge in [0.25, 0.3) is 5.56 Å². The fourth-order valence-corrected chi connectivity index (χ4v) is 11.5. The molecule has 10 nitrogen and oxygen atoms in total. The molecule has 2 unspecified atom stereocenters. The topological polar surface area (TPSA) is 105 Å². The molecule has 10 heteroatoms. The number of piperazine rings is 1. The van der Waals surface area contributed by atoms with Gasteiger partial charge in [0.15, 0.2) is 5.65 Å². The van der Waals surface area contributed by atoms with Crippen molar-refractivity contribution in [2.24, 2.45) is 23.2 Å². The molecule has 322 valence electrons. The van der Waals surface area contributed by atoms with E-state index in [0.717, 1.165) is 109 Å². The molecule has 5 fully saturated rings. The highest BCUT2D eigenvalue weighted by Crippen LogP contribution is 2.66. The number of unbranched alkanes of at least 4 members (excludes halogenated alkanes) is 9. The zero-order valence-corrected chi connectivity index (χ0v) is 36.7. The number of nitrogens with zero attached hydrogens (tertiary/aromatic N) is 5. The maximum absolute atomic E-state index is 13.3. The standard InChI is InChI=1S/C50H69N7O3/c1-4-37-16-15-17-42(30-37)57-47(59)26-36(2)43-35-52-49(54-48(43)57)53-44-19-18-41(31-45(44)60-3)56-24-22-55(23-25-56)21-14-12-10-8-6-5-7-9-11-13-20-51-46(58)34-50-32-38-27-39(33-50)29-40(50)28-38/h15-19,26,30-31,35,38-40H,4-14,20-25,27-29,32-34H2,1-3H3,(H,51,58)(H,52,53,54). The van der Waals surface area contributed by atoms with Gasteiger partial charge in [0, 0.05) is 68.5 Å². The first-order valence-electron chi connectivity index (χ1n) is 23.5. The number of carbonyl (C=O) groups excluding carboxylic acids is 1. The molecule has 1 amide bonds. The quantitative estimate of drug-likeness (QED) is 0.0802. The largest absolute Gasteiger partial charge is 0.494 e. The first kappa shape index (κ1) is 42.3. The summed E-state index contributed by atoms with van der Waals surface area (Å²) in [7, 11) is 1.69. The van der Waals surface area contributed by atoms with Gasteiger partial charge in [-0.2, -0.15) is 4.98 Å². The number of benzene rings is 2. The van der Waals surface area contributed by atoms with E-state index in [1.54, 1.807) is 23.9 Å². The average molecular weight is 816 g/mol. The molecular formula is C50H69N7O3. The summed E-state index contributed by atoms with van der Waals surface area (Å²) in [6, 6.07) is 16.0. The highest BCUT2D eigenvalue weighted by molar-refractivity contribution is 5.81. The molecule has 4 aromatic rings. The molecule has 1 aliphatic heterocycles. The van der Waals surface area contributed by atoms with E-state index < -0.39 is 0 Å².